The van der Waals surface area contributed by atoms with Crippen LogP contribution in [-0.2, 0) is 0 Å². The van der Waals surface area contributed by atoms with Gasteiger partial charge in [0.05, 0.1) is 0 Å². The fourth-order valence-electron chi connectivity index (χ4n) is 4.77. The number of hydrogen-bond donors (Lipinski definition) is 0. The second-order valence-electron chi connectivity index (χ2n) is 8.35. The monoisotopic (exact) mass is 398 g/mol. The van der Waals surface area contributed by atoms with Crippen molar-refractivity contribution in [3.63, 3.8) is 0 Å². The predicted molar refractivity (Wildman–Crippen MR) is 108 cm³/mol. The number of unbranched alkanes of at least 4 members (excludes halogenated alkanes) is 2. The molecule has 2 rings (SSSR count). The van der Waals surface area contributed by atoms with Gasteiger partial charge in [0, 0.05) is 0 Å². The molecule has 28 heavy (non-hydrogen) atoms. The molecule has 0 aromatic carbocycles. The summed E-state index contributed by atoms with van der Waals surface area (Å²) in [6.07, 6.45) is 19.8. The third-order valence-corrected chi connectivity index (χ3v) is 6.38. The fraction of sp³-hybridized carbons (Fsp3) is 0.667. The van der Waals surface area contributed by atoms with Crippen LogP contribution in [0.5, 0.6) is 0 Å². The van der Waals surface area contributed by atoms with Gasteiger partial charge in [0.2, 0.25) is 0 Å². The summed E-state index contributed by atoms with van der Waals surface area (Å²) in [6.45, 7) is 0. The van der Waals surface area contributed by atoms with Gasteiger partial charge >= 0.3 is 0 Å². The number of hydrogen-bond acceptors (Lipinski definition) is 0. The molecule has 0 aliphatic heterocycles. The molecule has 4 heteroatoms. The molecule has 0 unspecified atom stereocenters. The van der Waals surface area contributed by atoms with Crippen molar-refractivity contribution in [1.82, 2.24) is 0 Å². The van der Waals surface area contributed by atoms with Gasteiger partial charge in [-0.05, 0) is 113 Å². The lowest BCUT2D eigenvalue weighted by atomic mass is 9.69. The molecule has 0 spiro atoms. The smallest absolute Gasteiger partial charge is 0.174 e. The summed E-state index contributed by atoms with van der Waals surface area (Å²) in [4.78, 5) is 0. The Hall–Kier alpha value is -1.32. The van der Waals surface area contributed by atoms with Crippen molar-refractivity contribution in [3.05, 3.63) is 48.6 Å². The quantitative estimate of drug-likeness (QED) is 0.207. The Bertz CT molecular complexity index is 487. The molecule has 0 radical (unpaired) electrons. The topological polar surface area (TPSA) is 0 Å². The van der Waals surface area contributed by atoms with Crippen molar-refractivity contribution >= 4 is 0 Å². The summed E-state index contributed by atoms with van der Waals surface area (Å²) in [7, 11) is 0. The zero-order valence-electron chi connectivity index (χ0n) is 16.8. The molecule has 0 amide bonds. The third kappa shape index (κ3) is 9.25. The molecule has 0 heterocycles. The first-order chi connectivity index (χ1) is 13.5. The Kier molecular flexibility index (Phi) is 10.7. The Morgan fingerprint density at radius 1 is 0.536 bits per heavy atom. The lowest BCUT2D eigenvalue weighted by Crippen LogP contribution is -2.25. The minimum Gasteiger partial charge on any atom is -0.174 e. The standard InChI is InChI=1S/C24H34F4/c25-23(26)9-5-1-3-7-19-11-15-21(16-12-19)22-17-13-20(14-18-22)8-4-2-6-10-24(27)28/h3-4,7-10,19-22H,1-2,5-6,11-18H2. The summed E-state index contributed by atoms with van der Waals surface area (Å²) in [5, 5.41) is 0. The van der Waals surface area contributed by atoms with E-state index in [0.29, 0.717) is 37.5 Å². The van der Waals surface area contributed by atoms with E-state index >= 15 is 0 Å². The van der Waals surface area contributed by atoms with Crippen LogP contribution in [0.1, 0.15) is 77.0 Å². The highest BCUT2D eigenvalue weighted by Gasteiger charge is 2.29. The lowest BCUT2D eigenvalue weighted by Gasteiger charge is -2.37. The first kappa shape index (κ1) is 23.0. The maximum atomic E-state index is 12.0. The van der Waals surface area contributed by atoms with E-state index in [-0.39, 0.29) is 0 Å². The second kappa shape index (κ2) is 13.0. The average Bonchev–Trinajstić information content (AvgIpc) is 2.68. The summed E-state index contributed by atoms with van der Waals surface area (Å²) in [5.41, 5.74) is 0. The first-order valence-electron chi connectivity index (χ1n) is 10.9. The zero-order chi connectivity index (χ0) is 20.2. The van der Waals surface area contributed by atoms with E-state index in [2.05, 4.69) is 24.3 Å². The molecule has 0 bridgehead atoms. The molecular formula is C24H34F4. The van der Waals surface area contributed by atoms with Gasteiger partial charge in [0.1, 0.15) is 0 Å². The average molecular weight is 399 g/mol. The predicted octanol–water partition coefficient (Wildman–Crippen LogP) is 8.83. The van der Waals surface area contributed by atoms with Crippen LogP contribution in [0.15, 0.2) is 48.6 Å². The van der Waals surface area contributed by atoms with Crippen LogP contribution in [-0.4, -0.2) is 0 Å². The first-order valence-corrected chi connectivity index (χ1v) is 10.9. The van der Waals surface area contributed by atoms with E-state index < -0.39 is 12.2 Å². The fourth-order valence-corrected chi connectivity index (χ4v) is 4.77. The molecule has 0 saturated heterocycles. The van der Waals surface area contributed by atoms with Gasteiger partial charge in [-0.2, -0.15) is 17.6 Å². The Labute approximate surface area is 167 Å². The zero-order valence-corrected chi connectivity index (χ0v) is 16.8. The van der Waals surface area contributed by atoms with Crippen molar-refractivity contribution in [2.24, 2.45) is 23.7 Å². The van der Waals surface area contributed by atoms with Crippen LogP contribution in [0.25, 0.3) is 0 Å². The Morgan fingerprint density at radius 3 is 1.21 bits per heavy atom. The minimum atomic E-state index is -1.58. The van der Waals surface area contributed by atoms with Crippen molar-refractivity contribution in [3.8, 4) is 0 Å². The van der Waals surface area contributed by atoms with E-state index in [1.165, 1.54) is 51.4 Å². The summed E-state index contributed by atoms with van der Waals surface area (Å²) in [6, 6.07) is 0. The molecule has 0 aromatic heterocycles. The summed E-state index contributed by atoms with van der Waals surface area (Å²) >= 11 is 0. The van der Waals surface area contributed by atoms with Crippen LogP contribution >= 0.6 is 0 Å². The maximum Gasteiger partial charge on any atom is 0.266 e. The van der Waals surface area contributed by atoms with E-state index in [0.717, 1.165) is 24.0 Å². The Morgan fingerprint density at radius 2 is 0.893 bits per heavy atom. The van der Waals surface area contributed by atoms with Gasteiger partial charge < -0.3 is 0 Å². The van der Waals surface area contributed by atoms with Gasteiger partial charge in [-0.1, -0.05) is 24.3 Å². The van der Waals surface area contributed by atoms with Crippen molar-refractivity contribution < 1.29 is 17.6 Å². The van der Waals surface area contributed by atoms with Crippen molar-refractivity contribution in [2.75, 3.05) is 0 Å². The molecule has 0 nitrogen and oxygen atoms in total. The number of allylic oxidation sites excluding steroid dienone is 6. The highest BCUT2D eigenvalue weighted by atomic mass is 19.3. The molecule has 2 saturated carbocycles. The molecule has 0 atom stereocenters. The molecule has 158 valence electrons. The van der Waals surface area contributed by atoms with Gasteiger partial charge in [-0.3, -0.25) is 0 Å². The normalized spacial score (nSPS) is 28.6. The van der Waals surface area contributed by atoms with Crippen LogP contribution in [0.3, 0.4) is 0 Å². The summed E-state index contributed by atoms with van der Waals surface area (Å²) in [5.74, 6) is 2.93. The van der Waals surface area contributed by atoms with Crippen molar-refractivity contribution in [1.29, 1.82) is 0 Å². The van der Waals surface area contributed by atoms with Crippen molar-refractivity contribution in [2.45, 2.75) is 77.0 Å². The van der Waals surface area contributed by atoms with Gasteiger partial charge in [0.15, 0.2) is 0 Å². The van der Waals surface area contributed by atoms with Gasteiger partial charge in [-0.25, -0.2) is 0 Å². The van der Waals surface area contributed by atoms with Crippen LogP contribution < -0.4 is 0 Å². The Balaban J connectivity index is 1.60. The second-order valence-corrected chi connectivity index (χ2v) is 8.35. The molecule has 2 fully saturated rings. The largest absolute Gasteiger partial charge is 0.266 e. The van der Waals surface area contributed by atoms with E-state index in [1.807, 2.05) is 0 Å². The molecule has 0 aromatic rings. The SMILES string of the molecule is FC(F)=CCCC=CC1CCC(C2CCC(C=CCCC=C(F)F)CC2)CC1. The maximum absolute atomic E-state index is 12.0. The van der Waals surface area contributed by atoms with Gasteiger partial charge in [-0.15, -0.1) is 0 Å². The highest BCUT2D eigenvalue weighted by Crippen LogP contribution is 2.41. The van der Waals surface area contributed by atoms with E-state index in [9.17, 15) is 17.6 Å². The minimum absolute atomic E-state index is 0.426. The van der Waals surface area contributed by atoms with Crippen LogP contribution in [0, 0.1) is 23.7 Å². The molecule has 2 aliphatic rings. The molecular weight excluding hydrogens is 364 g/mol. The van der Waals surface area contributed by atoms with Crippen LogP contribution in [0.2, 0.25) is 0 Å². The van der Waals surface area contributed by atoms with Crippen LogP contribution in [0.4, 0.5) is 17.6 Å². The number of rotatable bonds is 9. The van der Waals surface area contributed by atoms with E-state index in [4.69, 9.17) is 0 Å². The summed E-state index contributed by atoms with van der Waals surface area (Å²) < 4.78 is 47.9. The van der Waals surface area contributed by atoms with Gasteiger partial charge in [0.25, 0.3) is 12.2 Å². The molecule has 0 N–H and O–H groups in total. The van der Waals surface area contributed by atoms with E-state index in [1.54, 1.807) is 0 Å². The lowest BCUT2D eigenvalue weighted by molar-refractivity contribution is 0.166. The molecule has 2 aliphatic carbocycles. The highest BCUT2D eigenvalue weighted by molar-refractivity contribution is 4.96. The number of halogens is 4. The third-order valence-electron chi connectivity index (χ3n) is 6.38.